The second kappa shape index (κ2) is 2.48. The van der Waals surface area contributed by atoms with Crippen LogP contribution in [0.1, 0.15) is 12.8 Å². The van der Waals surface area contributed by atoms with Gasteiger partial charge in [-0.05, 0) is 12.8 Å². The van der Waals surface area contributed by atoms with Crippen molar-refractivity contribution in [3.8, 4) is 0 Å². The van der Waals surface area contributed by atoms with Gasteiger partial charge in [0.1, 0.15) is 0 Å². The molecule has 66 valence electrons. The molecule has 2 aliphatic rings. The highest BCUT2D eigenvalue weighted by molar-refractivity contribution is 5.67. The minimum Gasteiger partial charge on any atom is -0.465 e. The Morgan fingerprint density at radius 1 is 1.33 bits per heavy atom. The average molecular weight is 169 g/mol. The maximum atomic E-state index is 10.7. The lowest BCUT2D eigenvalue weighted by Crippen LogP contribution is -2.48. The van der Waals surface area contributed by atoms with Crippen molar-refractivity contribution in [2.45, 2.75) is 31.0 Å². The van der Waals surface area contributed by atoms with Crippen LogP contribution < -0.4 is 0 Å². The summed E-state index contributed by atoms with van der Waals surface area (Å²) in [4.78, 5) is 12.1. The molecule has 0 radical (unpaired) electrons. The molecular weight excluding hydrogens is 158 g/mol. The zero-order valence-corrected chi connectivity index (χ0v) is 6.55. The predicted molar refractivity (Wildman–Crippen MR) is 41.8 cm³/mol. The highest BCUT2D eigenvalue weighted by Crippen LogP contribution is 2.30. The molecule has 4 nitrogen and oxygen atoms in total. The fourth-order valence-corrected chi connectivity index (χ4v) is 2.01. The number of hydrogen-bond donors (Lipinski definition) is 2. The van der Waals surface area contributed by atoms with Crippen LogP contribution in [-0.2, 0) is 0 Å². The smallest absolute Gasteiger partial charge is 0.408 e. The summed E-state index contributed by atoms with van der Waals surface area (Å²) >= 11 is 0. The number of fused-ring (bicyclic) bond motifs is 2. The van der Waals surface area contributed by atoms with Gasteiger partial charge in [-0.3, -0.25) is 4.90 Å². The molecule has 1 fully saturated rings. The van der Waals surface area contributed by atoms with Gasteiger partial charge in [0.05, 0.1) is 18.2 Å². The molecule has 2 unspecified atom stereocenters. The van der Waals surface area contributed by atoms with E-state index in [1.165, 1.54) is 4.90 Å². The number of aliphatic hydroxyl groups excluding tert-OH is 1. The lowest BCUT2D eigenvalue weighted by molar-refractivity contribution is 0.0454. The van der Waals surface area contributed by atoms with E-state index < -0.39 is 6.09 Å². The monoisotopic (exact) mass is 169 g/mol. The summed E-state index contributed by atoms with van der Waals surface area (Å²) in [5.41, 5.74) is 0. The molecule has 3 atom stereocenters. The van der Waals surface area contributed by atoms with Crippen LogP contribution in [0.4, 0.5) is 4.79 Å². The molecule has 2 bridgehead atoms. The molecule has 0 aromatic rings. The van der Waals surface area contributed by atoms with Gasteiger partial charge in [-0.15, -0.1) is 0 Å². The molecular formula is C8H11NO3. The van der Waals surface area contributed by atoms with Gasteiger partial charge in [0.2, 0.25) is 0 Å². The summed E-state index contributed by atoms with van der Waals surface area (Å²) in [5, 5.41) is 18.1. The Morgan fingerprint density at radius 3 is 2.25 bits per heavy atom. The zero-order chi connectivity index (χ0) is 8.72. The van der Waals surface area contributed by atoms with Gasteiger partial charge in [0.15, 0.2) is 0 Å². The fraction of sp³-hybridized carbons (Fsp3) is 0.625. The van der Waals surface area contributed by atoms with Crippen molar-refractivity contribution in [3.05, 3.63) is 12.2 Å². The third kappa shape index (κ3) is 0.992. The number of nitrogens with zero attached hydrogens (tertiary/aromatic N) is 1. The fourth-order valence-electron chi connectivity index (χ4n) is 2.01. The number of aliphatic hydroxyl groups is 1. The van der Waals surface area contributed by atoms with E-state index in [2.05, 4.69) is 0 Å². The van der Waals surface area contributed by atoms with Crippen LogP contribution in [0.2, 0.25) is 0 Å². The molecule has 0 aromatic carbocycles. The highest BCUT2D eigenvalue weighted by atomic mass is 16.4. The van der Waals surface area contributed by atoms with Crippen LogP contribution >= 0.6 is 0 Å². The topological polar surface area (TPSA) is 60.8 Å². The first-order valence-electron chi connectivity index (χ1n) is 4.06. The van der Waals surface area contributed by atoms with Gasteiger partial charge in [0, 0.05) is 0 Å². The standard InChI is InChI=1S/C8H11NO3/c10-7-3-5-1-2-6(4-7)9(5)8(11)12/h1-2,5-7,10H,3-4H2,(H,11,12)/t5-,6?,7?/m1/s1. The van der Waals surface area contributed by atoms with Crippen molar-refractivity contribution < 1.29 is 15.0 Å². The Balaban J connectivity index is 2.17. The average Bonchev–Trinajstić information content (AvgIpc) is 2.24. The second-order valence-electron chi connectivity index (χ2n) is 3.33. The quantitative estimate of drug-likeness (QED) is 0.517. The van der Waals surface area contributed by atoms with Gasteiger partial charge >= 0.3 is 6.09 Å². The summed E-state index contributed by atoms with van der Waals surface area (Å²) in [6.45, 7) is 0. The Bertz CT molecular complexity index is 222. The molecule has 1 amide bonds. The molecule has 0 aliphatic carbocycles. The maximum absolute atomic E-state index is 10.7. The molecule has 1 saturated heterocycles. The molecule has 4 heteroatoms. The van der Waals surface area contributed by atoms with Crippen LogP contribution in [0.15, 0.2) is 12.2 Å². The molecule has 12 heavy (non-hydrogen) atoms. The normalized spacial score (nSPS) is 38.8. The summed E-state index contributed by atoms with van der Waals surface area (Å²) in [6.07, 6.45) is 3.59. The van der Waals surface area contributed by atoms with Crippen molar-refractivity contribution in [3.63, 3.8) is 0 Å². The van der Waals surface area contributed by atoms with Crippen LogP contribution in [0.25, 0.3) is 0 Å². The number of hydrogen-bond acceptors (Lipinski definition) is 2. The first-order valence-corrected chi connectivity index (χ1v) is 4.06. The van der Waals surface area contributed by atoms with E-state index in [1.807, 2.05) is 12.2 Å². The van der Waals surface area contributed by atoms with E-state index in [0.717, 1.165) is 0 Å². The van der Waals surface area contributed by atoms with E-state index in [1.54, 1.807) is 0 Å². The van der Waals surface area contributed by atoms with Crippen molar-refractivity contribution in [2.24, 2.45) is 0 Å². The Morgan fingerprint density at radius 2 is 1.83 bits per heavy atom. The lowest BCUT2D eigenvalue weighted by atomic mass is 10.00. The minimum absolute atomic E-state index is 0.101. The first kappa shape index (κ1) is 7.61. The highest BCUT2D eigenvalue weighted by Gasteiger charge is 2.39. The summed E-state index contributed by atoms with van der Waals surface area (Å²) in [5.74, 6) is 0. The summed E-state index contributed by atoms with van der Waals surface area (Å²) < 4.78 is 0. The third-order valence-electron chi connectivity index (χ3n) is 2.52. The number of rotatable bonds is 0. The van der Waals surface area contributed by atoms with Crippen molar-refractivity contribution >= 4 is 6.09 Å². The Hall–Kier alpha value is -1.03. The Labute approximate surface area is 70.1 Å². The van der Waals surface area contributed by atoms with Gasteiger partial charge in [-0.1, -0.05) is 12.2 Å². The third-order valence-corrected chi connectivity index (χ3v) is 2.52. The van der Waals surface area contributed by atoms with Crippen molar-refractivity contribution in [1.82, 2.24) is 4.90 Å². The van der Waals surface area contributed by atoms with E-state index in [-0.39, 0.29) is 18.2 Å². The van der Waals surface area contributed by atoms with Gasteiger partial charge in [0.25, 0.3) is 0 Å². The number of carbonyl (C=O) groups is 1. The molecule has 2 N–H and O–H groups in total. The van der Waals surface area contributed by atoms with Crippen molar-refractivity contribution in [2.75, 3.05) is 0 Å². The van der Waals surface area contributed by atoms with E-state index in [9.17, 15) is 9.90 Å². The maximum Gasteiger partial charge on any atom is 0.408 e. The second-order valence-corrected chi connectivity index (χ2v) is 3.33. The van der Waals surface area contributed by atoms with Gasteiger partial charge in [-0.25, -0.2) is 4.79 Å². The van der Waals surface area contributed by atoms with Crippen LogP contribution in [0.3, 0.4) is 0 Å². The minimum atomic E-state index is -0.887. The van der Waals surface area contributed by atoms with Crippen LogP contribution in [-0.4, -0.2) is 39.4 Å². The summed E-state index contributed by atoms with van der Waals surface area (Å²) in [6, 6.07) is -0.201. The number of carboxylic acid groups (broad SMARTS) is 1. The number of piperidine rings is 1. The summed E-state index contributed by atoms with van der Waals surface area (Å²) in [7, 11) is 0. The molecule has 0 spiro atoms. The molecule has 0 aromatic heterocycles. The Kier molecular flexibility index (Phi) is 1.58. The molecule has 0 saturated carbocycles. The van der Waals surface area contributed by atoms with Gasteiger partial charge < -0.3 is 10.2 Å². The number of amides is 1. The SMILES string of the molecule is O=C(O)N1C2C=C[C@@H]1CC(O)C2. The van der Waals surface area contributed by atoms with Crippen molar-refractivity contribution in [1.29, 1.82) is 0 Å². The predicted octanol–water partition coefficient (Wildman–Crippen LogP) is 0.428. The van der Waals surface area contributed by atoms with E-state index in [4.69, 9.17) is 5.11 Å². The van der Waals surface area contributed by atoms with E-state index in [0.29, 0.717) is 12.8 Å². The van der Waals surface area contributed by atoms with E-state index >= 15 is 0 Å². The zero-order valence-electron chi connectivity index (χ0n) is 6.55. The lowest BCUT2D eigenvalue weighted by Gasteiger charge is -2.35. The molecule has 2 heterocycles. The largest absolute Gasteiger partial charge is 0.465 e. The van der Waals surface area contributed by atoms with Crippen LogP contribution in [0, 0.1) is 0 Å². The first-order chi connectivity index (χ1) is 5.68. The molecule has 2 aliphatic heterocycles. The van der Waals surface area contributed by atoms with Crippen LogP contribution in [0.5, 0.6) is 0 Å². The van der Waals surface area contributed by atoms with Gasteiger partial charge in [-0.2, -0.15) is 0 Å². The molecule has 2 rings (SSSR count).